The Hall–Kier alpha value is -4.07. The number of carbonyl (C=O) groups excluding carboxylic acids is 1. The first-order chi connectivity index (χ1) is 17.1. The number of carbonyl (C=O) groups is 1. The average molecular weight is 526 g/mol. The number of aromatic nitrogens is 7. The number of rotatable bonds is 7. The summed E-state index contributed by atoms with van der Waals surface area (Å²) >= 11 is 5.89. The van der Waals surface area contributed by atoms with Gasteiger partial charge < -0.3 is 4.74 Å². The molecular weight excluding hydrogens is 510 g/mol. The Morgan fingerprint density at radius 3 is 2.50 bits per heavy atom. The number of esters is 1. The van der Waals surface area contributed by atoms with E-state index in [4.69, 9.17) is 11.6 Å². The Kier molecular flexibility index (Phi) is 6.88. The third-order valence-corrected chi connectivity index (χ3v) is 5.19. The molecule has 0 N–H and O–H groups in total. The maximum atomic E-state index is 14.3. The molecule has 0 saturated heterocycles. The summed E-state index contributed by atoms with van der Waals surface area (Å²) in [6, 6.07) is 7.27. The van der Waals surface area contributed by atoms with Crippen LogP contribution in [0.4, 0.5) is 17.6 Å². The van der Waals surface area contributed by atoms with Gasteiger partial charge in [0.1, 0.15) is 12.2 Å². The van der Waals surface area contributed by atoms with E-state index in [1.54, 1.807) is 0 Å². The molecular formula is C21H16ClF4N7O3. The van der Waals surface area contributed by atoms with Crippen molar-refractivity contribution in [3.63, 3.8) is 0 Å². The fourth-order valence-electron chi connectivity index (χ4n) is 3.28. The molecule has 3 aromatic heterocycles. The Morgan fingerprint density at radius 2 is 1.86 bits per heavy atom. The molecule has 0 aliphatic heterocycles. The molecule has 4 rings (SSSR count). The second kappa shape index (κ2) is 9.89. The predicted octanol–water partition coefficient (Wildman–Crippen LogP) is 3.27. The molecule has 1 aromatic carbocycles. The van der Waals surface area contributed by atoms with Crippen molar-refractivity contribution in [1.82, 2.24) is 34.1 Å². The van der Waals surface area contributed by atoms with Crippen LogP contribution in [0.15, 0.2) is 47.5 Å². The second-order valence-electron chi connectivity index (χ2n) is 7.37. The normalized spacial score (nSPS) is 11.6. The zero-order valence-corrected chi connectivity index (χ0v) is 19.2. The van der Waals surface area contributed by atoms with Crippen molar-refractivity contribution in [1.29, 1.82) is 0 Å². The van der Waals surface area contributed by atoms with Gasteiger partial charge in [-0.25, -0.2) is 28.3 Å². The molecule has 0 saturated carbocycles. The summed E-state index contributed by atoms with van der Waals surface area (Å²) in [5.74, 6) is -2.31. The lowest BCUT2D eigenvalue weighted by Gasteiger charge is -2.08. The Morgan fingerprint density at radius 1 is 1.14 bits per heavy atom. The van der Waals surface area contributed by atoms with Crippen molar-refractivity contribution in [2.24, 2.45) is 0 Å². The van der Waals surface area contributed by atoms with Crippen molar-refractivity contribution in [3.8, 4) is 17.1 Å². The van der Waals surface area contributed by atoms with E-state index in [0.29, 0.717) is 10.6 Å². The SMILES string of the molecule is COC(=O)c1nc(Cn2nc(-c3ccc(Cl)cc3)n(CCC(F)(F)F)c2=O)nn1-c1ccncc1F. The number of ether oxygens (including phenoxy) is 1. The van der Waals surface area contributed by atoms with Crippen LogP contribution < -0.4 is 5.69 Å². The maximum Gasteiger partial charge on any atom is 0.390 e. The lowest BCUT2D eigenvalue weighted by molar-refractivity contribution is -0.136. The number of nitrogens with zero attached hydrogens (tertiary/aromatic N) is 7. The minimum absolute atomic E-state index is 0.0336. The van der Waals surface area contributed by atoms with Crippen LogP contribution >= 0.6 is 11.6 Å². The summed E-state index contributed by atoms with van der Waals surface area (Å²) in [4.78, 5) is 32.9. The van der Waals surface area contributed by atoms with Gasteiger partial charge in [0, 0.05) is 23.3 Å². The van der Waals surface area contributed by atoms with Crippen LogP contribution in [-0.2, 0) is 17.8 Å². The van der Waals surface area contributed by atoms with E-state index >= 15 is 0 Å². The van der Waals surface area contributed by atoms with E-state index < -0.39 is 43.2 Å². The minimum atomic E-state index is -4.51. The summed E-state index contributed by atoms with van der Waals surface area (Å²) in [7, 11) is 1.09. The largest absolute Gasteiger partial charge is 0.463 e. The number of benzene rings is 1. The van der Waals surface area contributed by atoms with E-state index in [9.17, 15) is 27.2 Å². The zero-order valence-electron chi connectivity index (χ0n) is 18.4. The second-order valence-corrected chi connectivity index (χ2v) is 7.81. The maximum absolute atomic E-state index is 14.3. The summed E-state index contributed by atoms with van der Waals surface area (Å²) in [5.41, 5.74) is -0.672. The topological polar surface area (TPSA) is 110 Å². The quantitative estimate of drug-likeness (QED) is 0.269. The smallest absolute Gasteiger partial charge is 0.390 e. The van der Waals surface area contributed by atoms with E-state index in [1.807, 2.05) is 0 Å². The first-order valence-corrected chi connectivity index (χ1v) is 10.6. The van der Waals surface area contributed by atoms with Gasteiger partial charge >= 0.3 is 17.8 Å². The summed E-state index contributed by atoms with van der Waals surface area (Å²) in [6.45, 7) is -1.11. The molecule has 0 radical (unpaired) electrons. The molecule has 10 nitrogen and oxygen atoms in total. The number of halogens is 5. The Bertz CT molecular complexity index is 1460. The summed E-state index contributed by atoms with van der Waals surface area (Å²) in [5, 5.41) is 8.64. The lowest BCUT2D eigenvalue weighted by Crippen LogP contribution is -2.27. The Balaban J connectivity index is 1.77. The van der Waals surface area contributed by atoms with Crippen molar-refractivity contribution in [2.75, 3.05) is 7.11 Å². The third-order valence-electron chi connectivity index (χ3n) is 4.93. The summed E-state index contributed by atoms with van der Waals surface area (Å²) < 4.78 is 60.3. The monoisotopic (exact) mass is 525 g/mol. The molecule has 0 atom stereocenters. The molecule has 0 unspecified atom stereocenters. The molecule has 0 aliphatic rings. The molecule has 3 heterocycles. The van der Waals surface area contributed by atoms with Crippen LogP contribution in [0.2, 0.25) is 5.02 Å². The van der Waals surface area contributed by atoms with Gasteiger partial charge in [-0.2, -0.15) is 13.2 Å². The molecule has 0 spiro atoms. The van der Waals surface area contributed by atoms with Crippen LogP contribution in [0.1, 0.15) is 22.9 Å². The highest BCUT2D eigenvalue weighted by molar-refractivity contribution is 6.30. The number of methoxy groups -OCH3 is 1. The minimum Gasteiger partial charge on any atom is -0.463 e. The van der Waals surface area contributed by atoms with Gasteiger partial charge in [-0.15, -0.1) is 10.2 Å². The highest BCUT2D eigenvalue weighted by atomic mass is 35.5. The van der Waals surface area contributed by atoms with Crippen LogP contribution in [0, 0.1) is 5.82 Å². The summed E-state index contributed by atoms with van der Waals surface area (Å²) in [6.07, 6.45) is -3.60. The number of alkyl halides is 3. The van der Waals surface area contributed by atoms with E-state index in [2.05, 4.69) is 24.9 Å². The van der Waals surface area contributed by atoms with Gasteiger partial charge in [0.15, 0.2) is 17.5 Å². The third kappa shape index (κ3) is 5.27. The number of hydrogen-bond donors (Lipinski definition) is 0. The van der Waals surface area contributed by atoms with Crippen molar-refractivity contribution < 1.29 is 27.1 Å². The van der Waals surface area contributed by atoms with Gasteiger partial charge in [-0.3, -0.25) is 9.55 Å². The number of hydrogen-bond acceptors (Lipinski definition) is 7. The van der Waals surface area contributed by atoms with Crippen LogP contribution in [0.5, 0.6) is 0 Å². The van der Waals surface area contributed by atoms with Crippen molar-refractivity contribution in [2.45, 2.75) is 25.7 Å². The van der Waals surface area contributed by atoms with Gasteiger partial charge in [0.2, 0.25) is 5.82 Å². The fraction of sp³-hybridized carbons (Fsp3) is 0.238. The van der Waals surface area contributed by atoms with E-state index in [0.717, 1.165) is 27.2 Å². The number of pyridine rings is 1. The van der Waals surface area contributed by atoms with Gasteiger partial charge in [-0.1, -0.05) is 11.6 Å². The molecule has 0 bridgehead atoms. The molecule has 4 aromatic rings. The van der Waals surface area contributed by atoms with E-state index in [-0.39, 0.29) is 23.2 Å². The van der Waals surface area contributed by atoms with Crippen LogP contribution in [-0.4, -0.2) is 53.4 Å². The zero-order chi connectivity index (χ0) is 26.0. The first-order valence-electron chi connectivity index (χ1n) is 10.2. The molecule has 0 fully saturated rings. The Labute approximate surface area is 204 Å². The molecule has 188 valence electrons. The van der Waals surface area contributed by atoms with Gasteiger partial charge in [-0.05, 0) is 30.3 Å². The van der Waals surface area contributed by atoms with Gasteiger partial charge in [0.25, 0.3) is 0 Å². The molecule has 15 heteroatoms. The van der Waals surface area contributed by atoms with Crippen molar-refractivity contribution in [3.05, 3.63) is 75.7 Å². The average Bonchev–Trinajstić information content (AvgIpc) is 3.39. The lowest BCUT2D eigenvalue weighted by atomic mass is 10.2. The highest BCUT2D eigenvalue weighted by Crippen LogP contribution is 2.23. The van der Waals surface area contributed by atoms with Crippen LogP contribution in [0.25, 0.3) is 17.1 Å². The van der Waals surface area contributed by atoms with Gasteiger partial charge in [0.05, 0.1) is 19.7 Å². The highest BCUT2D eigenvalue weighted by Gasteiger charge is 2.29. The standard InChI is InChI=1S/C21H16ClF4N7O3/c1-36-19(34)18-28-16(29-33(18)15-6-8-27-10-14(15)23)11-32-20(35)31(9-7-21(24,25)26)17(30-32)12-2-4-13(22)5-3-12/h2-6,8,10H,7,9,11H2,1H3. The predicted molar refractivity (Wildman–Crippen MR) is 117 cm³/mol. The van der Waals surface area contributed by atoms with Crippen molar-refractivity contribution >= 4 is 17.6 Å². The fourth-order valence-corrected chi connectivity index (χ4v) is 3.41. The van der Waals surface area contributed by atoms with E-state index in [1.165, 1.54) is 36.5 Å². The molecule has 0 aliphatic carbocycles. The first kappa shape index (κ1) is 25.0. The molecule has 36 heavy (non-hydrogen) atoms. The molecule has 0 amide bonds. The van der Waals surface area contributed by atoms with Crippen LogP contribution in [0.3, 0.4) is 0 Å².